The maximum atomic E-state index is 13.2. The highest BCUT2D eigenvalue weighted by Gasteiger charge is 2.40. The fourth-order valence-electron chi connectivity index (χ4n) is 5.93. The Balaban J connectivity index is 1.47. The van der Waals surface area contributed by atoms with Crippen molar-refractivity contribution in [2.24, 2.45) is 5.92 Å². The van der Waals surface area contributed by atoms with E-state index in [1.807, 2.05) is 36.4 Å². The van der Waals surface area contributed by atoms with Crippen molar-refractivity contribution in [1.82, 2.24) is 0 Å². The molecule has 204 valence electrons. The van der Waals surface area contributed by atoms with Gasteiger partial charge in [0.15, 0.2) is 11.5 Å². The van der Waals surface area contributed by atoms with Gasteiger partial charge in [-0.1, -0.05) is 24.3 Å². The van der Waals surface area contributed by atoms with Crippen LogP contribution in [0.25, 0.3) is 0 Å². The number of carbonyl (C=O) groups excluding carboxylic acids is 2. The van der Waals surface area contributed by atoms with Crippen LogP contribution in [0.5, 0.6) is 28.7 Å². The third kappa shape index (κ3) is 4.35. The predicted molar refractivity (Wildman–Crippen MR) is 145 cm³/mol. The highest BCUT2D eigenvalue weighted by atomic mass is 16.5. The molecule has 0 aromatic heterocycles. The average Bonchev–Trinajstić information content (AvgIpc) is 2.97. The van der Waals surface area contributed by atoms with Gasteiger partial charge in [0.2, 0.25) is 5.78 Å². The monoisotopic (exact) mass is 540 g/mol. The molecule has 2 N–H and O–H groups in total. The van der Waals surface area contributed by atoms with Crippen molar-refractivity contribution in [1.29, 1.82) is 0 Å². The minimum atomic E-state index is -0.501. The van der Waals surface area contributed by atoms with Gasteiger partial charge in [0, 0.05) is 58.2 Å². The highest BCUT2D eigenvalue weighted by molar-refractivity contribution is 6.19. The van der Waals surface area contributed by atoms with Crippen LogP contribution in [0.1, 0.15) is 34.1 Å². The van der Waals surface area contributed by atoms with Crippen LogP contribution < -0.4 is 14.2 Å². The maximum Gasteiger partial charge on any atom is 0.220 e. The van der Waals surface area contributed by atoms with Crippen molar-refractivity contribution < 1.29 is 38.7 Å². The molecule has 2 heterocycles. The molecule has 3 atom stereocenters. The van der Waals surface area contributed by atoms with E-state index in [9.17, 15) is 19.8 Å². The van der Waals surface area contributed by atoms with Crippen molar-refractivity contribution >= 4 is 11.6 Å². The zero-order valence-corrected chi connectivity index (χ0v) is 22.0. The number of aromatic hydroxyl groups is 2. The summed E-state index contributed by atoms with van der Waals surface area (Å²) in [5.74, 6) is 0.197. The van der Waals surface area contributed by atoms with E-state index in [0.717, 1.165) is 16.7 Å². The summed E-state index contributed by atoms with van der Waals surface area (Å²) in [6, 6.07) is 16.1. The molecule has 3 aromatic carbocycles. The first-order chi connectivity index (χ1) is 19.4. The van der Waals surface area contributed by atoms with Crippen LogP contribution in [-0.4, -0.2) is 49.2 Å². The summed E-state index contributed by atoms with van der Waals surface area (Å²) in [5.41, 5.74) is 3.54. The van der Waals surface area contributed by atoms with Crippen LogP contribution in [0.15, 0.2) is 78.1 Å². The van der Waals surface area contributed by atoms with Crippen LogP contribution in [0.4, 0.5) is 0 Å². The van der Waals surface area contributed by atoms with E-state index < -0.39 is 11.8 Å². The lowest BCUT2D eigenvalue weighted by Crippen LogP contribution is -2.33. The number of rotatable bonds is 5. The summed E-state index contributed by atoms with van der Waals surface area (Å²) < 4.78 is 22.9. The average molecular weight is 541 g/mol. The quantitative estimate of drug-likeness (QED) is 0.453. The maximum absolute atomic E-state index is 13.2. The Morgan fingerprint density at radius 2 is 1.60 bits per heavy atom. The molecule has 8 nitrogen and oxygen atoms in total. The van der Waals surface area contributed by atoms with Gasteiger partial charge in [0.05, 0.1) is 27.4 Å². The van der Waals surface area contributed by atoms with Crippen molar-refractivity contribution in [2.45, 2.75) is 18.3 Å². The molecule has 0 spiro atoms. The van der Waals surface area contributed by atoms with Crippen molar-refractivity contribution in [3.8, 4) is 28.7 Å². The number of hydrogen-bond acceptors (Lipinski definition) is 8. The molecule has 0 saturated carbocycles. The number of phenolic OH excluding ortho intramolecular Hbond substituents is 2. The van der Waals surface area contributed by atoms with Gasteiger partial charge in [-0.25, -0.2) is 0 Å². The molecule has 6 rings (SSSR count). The molecule has 8 heteroatoms. The molecule has 0 bridgehead atoms. The molecular weight excluding hydrogens is 512 g/mol. The summed E-state index contributed by atoms with van der Waals surface area (Å²) in [5, 5.41) is 20.9. The van der Waals surface area contributed by atoms with Gasteiger partial charge in [-0.2, -0.15) is 0 Å². The smallest absolute Gasteiger partial charge is 0.220 e. The largest absolute Gasteiger partial charge is 0.508 e. The van der Waals surface area contributed by atoms with Gasteiger partial charge in [0.25, 0.3) is 0 Å². The first-order valence-electron chi connectivity index (χ1n) is 13.0. The standard InChI is InChI=1S/C32H28O8/c1-37-30-13-25(34)21(18-9-17-7-8-19(33)10-29(17)39-15-18)11-23(30)32-20-5-3-4-6-28(20)40-16-24(32)22-12-27(36)31(38-2)14-26(22)35/h3-8,10-14,18,24,32-34H,9,15-16H2,1-2H3/t18-,24-,32-/m0/s1. The molecule has 0 radical (unpaired) electrons. The van der Waals surface area contributed by atoms with E-state index in [4.69, 9.17) is 18.9 Å². The lowest BCUT2D eigenvalue weighted by Gasteiger charge is -2.36. The van der Waals surface area contributed by atoms with Gasteiger partial charge in [-0.05, 0) is 36.3 Å². The van der Waals surface area contributed by atoms with E-state index in [-0.39, 0.29) is 41.3 Å². The van der Waals surface area contributed by atoms with Gasteiger partial charge < -0.3 is 29.2 Å². The van der Waals surface area contributed by atoms with Crippen LogP contribution in [-0.2, 0) is 20.7 Å². The fourth-order valence-corrected chi connectivity index (χ4v) is 5.93. The summed E-state index contributed by atoms with van der Waals surface area (Å²) in [7, 11) is 2.89. The Morgan fingerprint density at radius 1 is 0.800 bits per heavy atom. The number of allylic oxidation sites excluding steroid dienone is 2. The van der Waals surface area contributed by atoms with E-state index in [2.05, 4.69) is 0 Å². The molecule has 2 aliphatic heterocycles. The number of hydrogen-bond donors (Lipinski definition) is 2. The normalized spacial score (nSPS) is 21.7. The Morgan fingerprint density at radius 3 is 2.40 bits per heavy atom. The lowest BCUT2D eigenvalue weighted by atomic mass is 9.72. The molecule has 40 heavy (non-hydrogen) atoms. The third-order valence-corrected chi connectivity index (χ3v) is 7.88. The Hall–Kier alpha value is -4.72. The predicted octanol–water partition coefficient (Wildman–Crippen LogP) is 4.57. The number of phenols is 2. The van der Waals surface area contributed by atoms with Crippen molar-refractivity contribution in [2.75, 3.05) is 27.4 Å². The van der Waals surface area contributed by atoms with E-state index in [1.165, 1.54) is 26.4 Å². The van der Waals surface area contributed by atoms with E-state index in [1.54, 1.807) is 18.2 Å². The first-order valence-corrected chi connectivity index (χ1v) is 13.0. The summed E-state index contributed by atoms with van der Waals surface area (Å²) >= 11 is 0. The number of carbonyl (C=O) groups is 2. The zero-order valence-electron chi connectivity index (χ0n) is 22.0. The molecule has 0 saturated heterocycles. The third-order valence-electron chi connectivity index (χ3n) is 7.88. The van der Waals surface area contributed by atoms with Crippen LogP contribution in [0.3, 0.4) is 0 Å². The van der Waals surface area contributed by atoms with Gasteiger partial charge in [0.1, 0.15) is 28.7 Å². The van der Waals surface area contributed by atoms with Crippen molar-refractivity contribution in [3.05, 3.63) is 100 Å². The van der Waals surface area contributed by atoms with Crippen LogP contribution in [0, 0.1) is 5.92 Å². The molecular formula is C32H28O8. The molecule has 3 aromatic rings. The Bertz CT molecular complexity index is 1580. The number of ether oxygens (including phenoxy) is 4. The SMILES string of the molecule is COC1=CC(=O)C([C@@H]2COc3ccccc3[C@H]2c2cc([C@@H]3COc4cc(O)ccc4C3)c(O)cc2OC)=CC1=O. The fraction of sp³-hybridized carbons (Fsp3) is 0.250. The Kier molecular flexibility index (Phi) is 6.46. The van der Waals surface area contributed by atoms with Gasteiger partial charge in [-0.3, -0.25) is 9.59 Å². The number of ketones is 2. The topological polar surface area (TPSA) is 112 Å². The van der Waals surface area contributed by atoms with E-state index >= 15 is 0 Å². The number of para-hydroxylation sites is 1. The Labute approximate surface area is 231 Å². The molecule has 3 aliphatic rings. The van der Waals surface area contributed by atoms with E-state index in [0.29, 0.717) is 41.4 Å². The van der Waals surface area contributed by atoms with Crippen LogP contribution in [0.2, 0.25) is 0 Å². The van der Waals surface area contributed by atoms with Crippen molar-refractivity contribution in [3.63, 3.8) is 0 Å². The first kappa shape index (κ1) is 25.6. The number of fused-ring (bicyclic) bond motifs is 2. The summed E-state index contributed by atoms with van der Waals surface area (Å²) in [6.45, 7) is 0.484. The second-order valence-corrected chi connectivity index (χ2v) is 10.1. The van der Waals surface area contributed by atoms with Crippen LogP contribution >= 0.6 is 0 Å². The highest BCUT2D eigenvalue weighted by Crippen LogP contribution is 2.50. The number of benzene rings is 3. The molecule has 0 fully saturated rings. The minimum absolute atomic E-state index is 0.00201. The molecule has 0 amide bonds. The zero-order chi connectivity index (χ0) is 28.0. The summed E-state index contributed by atoms with van der Waals surface area (Å²) in [6.07, 6.45) is 3.17. The summed E-state index contributed by atoms with van der Waals surface area (Å²) in [4.78, 5) is 25.9. The minimum Gasteiger partial charge on any atom is -0.508 e. The van der Waals surface area contributed by atoms with Gasteiger partial charge >= 0.3 is 0 Å². The molecule has 0 unspecified atom stereocenters. The van der Waals surface area contributed by atoms with Gasteiger partial charge in [-0.15, -0.1) is 0 Å². The second kappa shape index (κ2) is 10.1. The lowest BCUT2D eigenvalue weighted by molar-refractivity contribution is -0.117. The second-order valence-electron chi connectivity index (χ2n) is 10.1. The molecule has 1 aliphatic carbocycles. The number of methoxy groups -OCH3 is 2.